The lowest BCUT2D eigenvalue weighted by Crippen LogP contribution is -2.37. The van der Waals surface area contributed by atoms with Crippen LogP contribution < -0.4 is 15.5 Å². The van der Waals surface area contributed by atoms with E-state index < -0.39 is 0 Å². The number of aromatic nitrogens is 2. The standard InChI is InChI=1S/C20H24FN5O2/c1-15-14-18(26-10-12-28-13-11-26)25-20(24-15)23-9-8-22-19(27)7-6-16-4-2-3-5-17(16)21/h2-7,14H,8-13H2,1H3,(H,22,27)(H,23,24,25)/b7-6+. The number of hydrogen-bond donors (Lipinski definition) is 2. The van der Waals surface area contributed by atoms with E-state index in [0.29, 0.717) is 37.8 Å². The van der Waals surface area contributed by atoms with Gasteiger partial charge in [-0.05, 0) is 19.1 Å². The van der Waals surface area contributed by atoms with E-state index in [1.165, 1.54) is 18.2 Å². The highest BCUT2D eigenvalue weighted by atomic mass is 19.1. The molecule has 0 bridgehead atoms. The summed E-state index contributed by atoms with van der Waals surface area (Å²) in [6.07, 6.45) is 2.77. The molecule has 1 aliphatic rings. The van der Waals surface area contributed by atoms with Crippen LogP contribution in [0.25, 0.3) is 6.08 Å². The lowest BCUT2D eigenvalue weighted by atomic mass is 10.2. The van der Waals surface area contributed by atoms with E-state index in [1.54, 1.807) is 18.2 Å². The van der Waals surface area contributed by atoms with Gasteiger partial charge in [0.1, 0.15) is 11.6 Å². The van der Waals surface area contributed by atoms with E-state index in [2.05, 4.69) is 25.5 Å². The van der Waals surface area contributed by atoms with Crippen molar-refractivity contribution < 1.29 is 13.9 Å². The first kappa shape index (κ1) is 19.8. The van der Waals surface area contributed by atoms with Crippen LogP contribution in [0.2, 0.25) is 0 Å². The van der Waals surface area contributed by atoms with Crippen molar-refractivity contribution in [3.63, 3.8) is 0 Å². The monoisotopic (exact) mass is 385 g/mol. The summed E-state index contributed by atoms with van der Waals surface area (Å²) in [6, 6.07) is 8.25. The molecule has 0 spiro atoms. The van der Waals surface area contributed by atoms with Crippen molar-refractivity contribution >= 4 is 23.7 Å². The maximum Gasteiger partial charge on any atom is 0.244 e. The number of aryl methyl sites for hydroxylation is 1. The third-order valence-electron chi connectivity index (χ3n) is 4.20. The highest BCUT2D eigenvalue weighted by Crippen LogP contribution is 2.16. The fourth-order valence-corrected chi connectivity index (χ4v) is 2.78. The summed E-state index contributed by atoms with van der Waals surface area (Å²) in [5.74, 6) is 0.748. The van der Waals surface area contributed by atoms with Gasteiger partial charge in [-0.1, -0.05) is 18.2 Å². The summed E-state index contributed by atoms with van der Waals surface area (Å²) in [4.78, 5) is 22.9. The maximum absolute atomic E-state index is 13.5. The van der Waals surface area contributed by atoms with Gasteiger partial charge in [-0.3, -0.25) is 4.79 Å². The van der Waals surface area contributed by atoms with Crippen molar-refractivity contribution in [2.75, 3.05) is 49.6 Å². The minimum Gasteiger partial charge on any atom is -0.378 e. The Morgan fingerprint density at radius 2 is 2.04 bits per heavy atom. The molecule has 1 amide bonds. The minimum atomic E-state index is -0.360. The highest BCUT2D eigenvalue weighted by molar-refractivity contribution is 5.91. The smallest absolute Gasteiger partial charge is 0.244 e. The second kappa shape index (κ2) is 9.80. The number of halogens is 1. The topological polar surface area (TPSA) is 79.4 Å². The molecule has 0 radical (unpaired) electrons. The second-order valence-electron chi connectivity index (χ2n) is 6.36. The zero-order chi connectivity index (χ0) is 19.8. The number of amides is 1. The number of carbonyl (C=O) groups is 1. The quantitative estimate of drug-likeness (QED) is 0.561. The average Bonchev–Trinajstić information content (AvgIpc) is 2.71. The van der Waals surface area contributed by atoms with E-state index >= 15 is 0 Å². The Hall–Kier alpha value is -3.00. The molecule has 3 rings (SSSR count). The molecule has 2 heterocycles. The highest BCUT2D eigenvalue weighted by Gasteiger charge is 2.14. The fourth-order valence-electron chi connectivity index (χ4n) is 2.78. The van der Waals surface area contributed by atoms with Gasteiger partial charge in [-0.15, -0.1) is 0 Å². The van der Waals surface area contributed by atoms with Crippen LogP contribution in [0.15, 0.2) is 36.4 Å². The molecule has 0 aliphatic carbocycles. The number of hydrogen-bond acceptors (Lipinski definition) is 6. The van der Waals surface area contributed by atoms with Crippen LogP contribution in [0.4, 0.5) is 16.2 Å². The Kier molecular flexibility index (Phi) is 6.91. The summed E-state index contributed by atoms with van der Waals surface area (Å²) in [7, 11) is 0. The first-order valence-corrected chi connectivity index (χ1v) is 9.24. The first-order valence-electron chi connectivity index (χ1n) is 9.24. The number of rotatable bonds is 7. The van der Waals surface area contributed by atoms with Gasteiger partial charge in [0.05, 0.1) is 13.2 Å². The van der Waals surface area contributed by atoms with Crippen LogP contribution in [0, 0.1) is 12.7 Å². The van der Waals surface area contributed by atoms with E-state index in [9.17, 15) is 9.18 Å². The Morgan fingerprint density at radius 1 is 1.25 bits per heavy atom. The van der Waals surface area contributed by atoms with E-state index in [-0.39, 0.29) is 11.7 Å². The second-order valence-corrected chi connectivity index (χ2v) is 6.36. The predicted octanol–water partition coefficient (Wildman–Crippen LogP) is 2.00. The molecule has 0 atom stereocenters. The molecule has 1 saturated heterocycles. The predicted molar refractivity (Wildman–Crippen MR) is 107 cm³/mol. The van der Waals surface area contributed by atoms with Gasteiger partial charge in [-0.25, -0.2) is 9.37 Å². The number of benzene rings is 1. The number of ether oxygens (including phenoxy) is 1. The summed E-state index contributed by atoms with van der Waals surface area (Å²) < 4.78 is 18.9. The Morgan fingerprint density at radius 3 is 2.82 bits per heavy atom. The van der Waals surface area contributed by atoms with Gasteiger partial charge in [-0.2, -0.15) is 4.98 Å². The molecule has 28 heavy (non-hydrogen) atoms. The van der Waals surface area contributed by atoms with Gasteiger partial charge < -0.3 is 20.3 Å². The number of nitrogens with one attached hydrogen (secondary N) is 2. The van der Waals surface area contributed by atoms with Crippen molar-refractivity contribution in [3.8, 4) is 0 Å². The van der Waals surface area contributed by atoms with Crippen LogP contribution in [0.1, 0.15) is 11.3 Å². The molecule has 2 aromatic rings. The molecule has 2 N–H and O–H groups in total. The van der Waals surface area contributed by atoms with Crippen LogP contribution in [-0.4, -0.2) is 55.3 Å². The zero-order valence-corrected chi connectivity index (χ0v) is 15.8. The summed E-state index contributed by atoms with van der Waals surface area (Å²) in [6.45, 7) is 5.79. The van der Waals surface area contributed by atoms with E-state index in [1.807, 2.05) is 13.0 Å². The van der Waals surface area contributed by atoms with Gasteiger partial charge in [0.25, 0.3) is 0 Å². The molecule has 1 fully saturated rings. The lowest BCUT2D eigenvalue weighted by Gasteiger charge is -2.28. The molecule has 0 saturated carbocycles. The van der Waals surface area contributed by atoms with Gasteiger partial charge in [0.15, 0.2) is 0 Å². The van der Waals surface area contributed by atoms with Crippen molar-refractivity contribution in [1.29, 1.82) is 0 Å². The van der Waals surface area contributed by atoms with Crippen LogP contribution in [-0.2, 0) is 9.53 Å². The summed E-state index contributed by atoms with van der Waals surface area (Å²) >= 11 is 0. The molecule has 1 aromatic heterocycles. The van der Waals surface area contributed by atoms with E-state index in [0.717, 1.165) is 24.6 Å². The minimum absolute atomic E-state index is 0.288. The molecule has 7 nitrogen and oxygen atoms in total. The molecule has 8 heteroatoms. The molecule has 1 aromatic carbocycles. The normalized spacial score (nSPS) is 14.3. The Labute approximate surface area is 163 Å². The summed E-state index contributed by atoms with van der Waals surface area (Å²) in [5, 5.41) is 5.87. The first-order chi connectivity index (χ1) is 13.6. The molecule has 1 aliphatic heterocycles. The van der Waals surface area contributed by atoms with Crippen LogP contribution >= 0.6 is 0 Å². The Bertz CT molecular complexity index is 837. The maximum atomic E-state index is 13.5. The molecular weight excluding hydrogens is 361 g/mol. The molecule has 0 unspecified atom stereocenters. The fraction of sp³-hybridized carbons (Fsp3) is 0.350. The van der Waals surface area contributed by atoms with Gasteiger partial charge >= 0.3 is 0 Å². The average molecular weight is 385 g/mol. The Balaban J connectivity index is 1.46. The third-order valence-corrected chi connectivity index (χ3v) is 4.20. The number of nitrogens with zero attached hydrogens (tertiary/aromatic N) is 3. The summed E-state index contributed by atoms with van der Waals surface area (Å²) in [5.41, 5.74) is 1.25. The van der Waals surface area contributed by atoms with Crippen molar-refractivity contribution in [1.82, 2.24) is 15.3 Å². The van der Waals surface area contributed by atoms with Gasteiger partial charge in [0, 0.05) is 49.6 Å². The van der Waals surface area contributed by atoms with Crippen molar-refractivity contribution in [2.45, 2.75) is 6.92 Å². The van der Waals surface area contributed by atoms with E-state index in [4.69, 9.17) is 4.74 Å². The van der Waals surface area contributed by atoms with Crippen molar-refractivity contribution in [2.24, 2.45) is 0 Å². The third kappa shape index (κ3) is 5.75. The van der Waals surface area contributed by atoms with Gasteiger partial charge in [0.2, 0.25) is 11.9 Å². The van der Waals surface area contributed by atoms with Crippen LogP contribution in [0.3, 0.4) is 0 Å². The lowest BCUT2D eigenvalue weighted by molar-refractivity contribution is -0.116. The zero-order valence-electron chi connectivity index (χ0n) is 15.8. The largest absolute Gasteiger partial charge is 0.378 e. The SMILES string of the molecule is Cc1cc(N2CCOCC2)nc(NCCNC(=O)/C=C/c2ccccc2F)n1. The number of anilines is 2. The number of morpholine rings is 1. The van der Waals surface area contributed by atoms with Crippen LogP contribution in [0.5, 0.6) is 0 Å². The van der Waals surface area contributed by atoms with Crippen molar-refractivity contribution in [3.05, 3.63) is 53.5 Å². The molecular formula is C20H24FN5O2. The molecule has 148 valence electrons. The number of carbonyl (C=O) groups excluding carboxylic acids is 1.